The molecular weight excluding hydrogens is 356 g/mol. The zero-order chi connectivity index (χ0) is 18.6. The Morgan fingerprint density at radius 2 is 1.56 bits per heavy atom. The molecule has 4 nitrogen and oxygen atoms in total. The number of anilines is 2. The van der Waals surface area contributed by atoms with Crippen molar-refractivity contribution in [2.45, 2.75) is 0 Å². The number of rotatable bonds is 4. The van der Waals surface area contributed by atoms with E-state index in [0.717, 1.165) is 16.5 Å². The van der Waals surface area contributed by atoms with Crippen LogP contribution in [0.2, 0.25) is 0 Å². The minimum Gasteiger partial charge on any atom is -0.321 e. The Hall–Kier alpha value is -3.44. The Labute approximate surface area is 160 Å². The molecule has 1 aromatic heterocycles. The summed E-state index contributed by atoms with van der Waals surface area (Å²) in [6, 6.07) is 24.2. The maximum Gasteiger partial charge on any atom is 0.265 e. The summed E-state index contributed by atoms with van der Waals surface area (Å²) in [6.45, 7) is 0. The van der Waals surface area contributed by atoms with Crippen molar-refractivity contribution in [2.75, 3.05) is 10.6 Å². The van der Waals surface area contributed by atoms with Crippen LogP contribution in [0.15, 0.2) is 84.2 Å². The van der Waals surface area contributed by atoms with Crippen LogP contribution >= 0.6 is 11.3 Å². The van der Waals surface area contributed by atoms with E-state index in [4.69, 9.17) is 0 Å². The van der Waals surface area contributed by atoms with Gasteiger partial charge in [0.15, 0.2) is 0 Å². The van der Waals surface area contributed by atoms with Crippen LogP contribution in [0.1, 0.15) is 20.0 Å². The molecule has 2 amide bonds. The summed E-state index contributed by atoms with van der Waals surface area (Å²) in [5.41, 5.74) is 1.82. The van der Waals surface area contributed by atoms with Crippen LogP contribution in [0, 0.1) is 0 Å². The van der Waals surface area contributed by atoms with Gasteiger partial charge in [-0.2, -0.15) is 0 Å². The zero-order valence-electron chi connectivity index (χ0n) is 14.3. The van der Waals surface area contributed by atoms with Gasteiger partial charge in [-0.25, -0.2) is 0 Å². The molecule has 2 N–H and O–H groups in total. The van der Waals surface area contributed by atoms with Crippen LogP contribution in [0.3, 0.4) is 0 Å². The fourth-order valence-electron chi connectivity index (χ4n) is 2.87. The summed E-state index contributed by atoms with van der Waals surface area (Å²) in [4.78, 5) is 25.5. The molecule has 0 radical (unpaired) electrons. The highest BCUT2D eigenvalue weighted by atomic mass is 32.1. The Kier molecular flexibility index (Phi) is 4.68. The monoisotopic (exact) mass is 372 g/mol. The van der Waals surface area contributed by atoms with E-state index in [1.54, 1.807) is 30.3 Å². The van der Waals surface area contributed by atoms with Crippen LogP contribution in [-0.2, 0) is 0 Å². The van der Waals surface area contributed by atoms with Crippen LogP contribution in [-0.4, -0.2) is 11.8 Å². The highest BCUT2D eigenvalue weighted by Crippen LogP contribution is 2.24. The lowest BCUT2D eigenvalue weighted by molar-refractivity contribution is 0.101. The lowest BCUT2D eigenvalue weighted by Crippen LogP contribution is -2.14. The highest BCUT2D eigenvalue weighted by Gasteiger charge is 2.11. The molecule has 0 bridgehead atoms. The summed E-state index contributed by atoms with van der Waals surface area (Å²) in [7, 11) is 0. The Morgan fingerprint density at radius 1 is 0.741 bits per heavy atom. The Morgan fingerprint density at radius 3 is 2.41 bits per heavy atom. The number of benzene rings is 3. The predicted octanol–water partition coefficient (Wildman–Crippen LogP) is 5.41. The lowest BCUT2D eigenvalue weighted by Gasteiger charge is -2.10. The molecule has 0 unspecified atom stereocenters. The fourth-order valence-corrected chi connectivity index (χ4v) is 3.49. The maximum atomic E-state index is 12.7. The van der Waals surface area contributed by atoms with Gasteiger partial charge in [0.05, 0.1) is 4.88 Å². The van der Waals surface area contributed by atoms with E-state index in [2.05, 4.69) is 10.6 Å². The molecule has 0 aliphatic rings. The van der Waals surface area contributed by atoms with Gasteiger partial charge in [-0.3, -0.25) is 9.59 Å². The van der Waals surface area contributed by atoms with E-state index in [1.165, 1.54) is 11.3 Å². The molecule has 0 saturated carbocycles. The molecule has 0 atom stereocenters. The fraction of sp³-hybridized carbons (Fsp3) is 0. The number of thiophene rings is 1. The highest BCUT2D eigenvalue weighted by molar-refractivity contribution is 7.12. The van der Waals surface area contributed by atoms with Gasteiger partial charge in [-0.1, -0.05) is 48.5 Å². The summed E-state index contributed by atoms with van der Waals surface area (Å²) in [6.07, 6.45) is 0. The van der Waals surface area contributed by atoms with E-state index in [1.807, 2.05) is 53.9 Å². The average molecular weight is 372 g/mol. The number of hydrogen-bond donors (Lipinski definition) is 2. The standard InChI is InChI=1S/C22H16N2O2S/c25-21(24-19-11-4-7-15-6-1-2-10-18(15)19)16-8-3-9-17(14-16)23-22(26)20-12-5-13-27-20/h1-14H,(H,23,26)(H,24,25). The van der Waals surface area contributed by atoms with Crippen molar-refractivity contribution in [1.82, 2.24) is 0 Å². The second-order valence-electron chi connectivity index (χ2n) is 5.99. The molecule has 27 heavy (non-hydrogen) atoms. The molecule has 0 aliphatic heterocycles. The van der Waals surface area contributed by atoms with Gasteiger partial charge in [0.1, 0.15) is 0 Å². The quantitative estimate of drug-likeness (QED) is 0.503. The van der Waals surface area contributed by atoms with Gasteiger partial charge in [0, 0.05) is 22.3 Å². The first-order chi connectivity index (χ1) is 13.2. The van der Waals surface area contributed by atoms with E-state index < -0.39 is 0 Å². The molecular formula is C22H16N2O2S. The smallest absolute Gasteiger partial charge is 0.265 e. The van der Waals surface area contributed by atoms with Gasteiger partial charge >= 0.3 is 0 Å². The number of nitrogens with one attached hydrogen (secondary N) is 2. The molecule has 4 rings (SSSR count). The van der Waals surface area contributed by atoms with Crippen LogP contribution in [0.5, 0.6) is 0 Å². The van der Waals surface area contributed by atoms with Gasteiger partial charge in [-0.05, 0) is 41.1 Å². The second kappa shape index (κ2) is 7.43. The zero-order valence-corrected chi connectivity index (χ0v) is 15.1. The van der Waals surface area contributed by atoms with Crippen molar-refractivity contribution in [2.24, 2.45) is 0 Å². The minimum atomic E-state index is -0.224. The van der Waals surface area contributed by atoms with E-state index in [-0.39, 0.29) is 11.8 Å². The molecule has 0 spiro atoms. The molecule has 3 aromatic carbocycles. The number of amides is 2. The van der Waals surface area contributed by atoms with E-state index >= 15 is 0 Å². The normalized spacial score (nSPS) is 10.5. The summed E-state index contributed by atoms with van der Waals surface area (Å²) in [5.74, 6) is -0.407. The predicted molar refractivity (Wildman–Crippen MR) is 111 cm³/mol. The van der Waals surface area contributed by atoms with Gasteiger partial charge in [0.2, 0.25) is 0 Å². The van der Waals surface area contributed by atoms with E-state index in [0.29, 0.717) is 16.1 Å². The molecule has 0 fully saturated rings. The Bertz CT molecular complexity index is 1110. The third kappa shape index (κ3) is 3.73. The van der Waals surface area contributed by atoms with Crippen molar-refractivity contribution in [3.8, 4) is 0 Å². The minimum absolute atomic E-state index is 0.184. The maximum absolute atomic E-state index is 12.7. The molecule has 132 valence electrons. The largest absolute Gasteiger partial charge is 0.321 e. The van der Waals surface area contributed by atoms with Crippen molar-refractivity contribution >= 4 is 45.3 Å². The first-order valence-electron chi connectivity index (χ1n) is 8.45. The van der Waals surface area contributed by atoms with Gasteiger partial charge < -0.3 is 10.6 Å². The van der Waals surface area contributed by atoms with Crippen LogP contribution in [0.4, 0.5) is 11.4 Å². The summed E-state index contributed by atoms with van der Waals surface area (Å²) >= 11 is 1.37. The molecule has 0 aliphatic carbocycles. The first kappa shape index (κ1) is 17.0. The summed E-state index contributed by atoms with van der Waals surface area (Å²) in [5, 5.41) is 9.68. The van der Waals surface area contributed by atoms with Gasteiger partial charge in [0.25, 0.3) is 11.8 Å². The summed E-state index contributed by atoms with van der Waals surface area (Å²) < 4.78 is 0. The number of hydrogen-bond acceptors (Lipinski definition) is 3. The van der Waals surface area contributed by atoms with Crippen molar-refractivity contribution < 1.29 is 9.59 Å². The van der Waals surface area contributed by atoms with Crippen molar-refractivity contribution in [1.29, 1.82) is 0 Å². The van der Waals surface area contributed by atoms with Crippen LogP contribution in [0.25, 0.3) is 10.8 Å². The molecule has 1 heterocycles. The molecule has 4 aromatic rings. The molecule has 0 saturated heterocycles. The first-order valence-corrected chi connectivity index (χ1v) is 9.33. The van der Waals surface area contributed by atoms with Crippen molar-refractivity contribution in [3.63, 3.8) is 0 Å². The average Bonchev–Trinajstić information content (AvgIpc) is 3.23. The van der Waals surface area contributed by atoms with Crippen molar-refractivity contribution in [3.05, 3.63) is 94.7 Å². The van der Waals surface area contributed by atoms with Gasteiger partial charge in [-0.15, -0.1) is 11.3 Å². The van der Waals surface area contributed by atoms with E-state index in [9.17, 15) is 9.59 Å². The topological polar surface area (TPSA) is 58.2 Å². The Balaban J connectivity index is 1.54. The SMILES string of the molecule is O=C(Nc1cccc2ccccc12)c1cccc(NC(=O)c2cccs2)c1. The lowest BCUT2D eigenvalue weighted by atomic mass is 10.1. The third-order valence-electron chi connectivity index (χ3n) is 4.17. The number of carbonyl (C=O) groups is 2. The third-order valence-corrected chi connectivity index (χ3v) is 5.03. The number of carbonyl (C=O) groups excluding carboxylic acids is 2. The molecule has 5 heteroatoms. The van der Waals surface area contributed by atoms with Crippen LogP contribution < -0.4 is 10.6 Å². The number of fused-ring (bicyclic) bond motifs is 1. The second-order valence-corrected chi connectivity index (χ2v) is 6.94.